The second kappa shape index (κ2) is 8.59. The van der Waals surface area contributed by atoms with Gasteiger partial charge in [-0.25, -0.2) is 4.79 Å². The molecule has 0 aromatic heterocycles. The normalized spacial score (nSPS) is 10.2. The average molecular weight is 299 g/mol. The van der Waals surface area contributed by atoms with Crippen LogP contribution in [0.4, 0.5) is 0 Å². The lowest BCUT2D eigenvalue weighted by Crippen LogP contribution is -2.09. The topological polar surface area (TPSA) is 52.6 Å². The highest BCUT2D eigenvalue weighted by molar-refractivity contribution is 6.17. The molecule has 0 N–H and O–H groups in total. The molecule has 0 heterocycles. The summed E-state index contributed by atoms with van der Waals surface area (Å²) in [5, 5.41) is 0. The molecule has 5 heteroatoms. The number of benzene rings is 1. The zero-order valence-corrected chi connectivity index (χ0v) is 12.5. The molecule has 0 spiro atoms. The first-order valence-electron chi connectivity index (χ1n) is 6.62. The molecule has 4 nitrogen and oxygen atoms in total. The zero-order chi connectivity index (χ0) is 15.0. The summed E-state index contributed by atoms with van der Waals surface area (Å²) in [5.41, 5.74) is 2.13. The van der Waals surface area contributed by atoms with Crippen LogP contribution in [0.2, 0.25) is 0 Å². The maximum Gasteiger partial charge on any atom is 0.338 e. The van der Waals surface area contributed by atoms with Gasteiger partial charge in [0.05, 0.1) is 18.8 Å². The van der Waals surface area contributed by atoms with E-state index < -0.39 is 0 Å². The lowest BCUT2D eigenvalue weighted by atomic mass is 10.0. The second-order valence-electron chi connectivity index (χ2n) is 4.15. The van der Waals surface area contributed by atoms with Crippen LogP contribution >= 0.6 is 11.6 Å². The summed E-state index contributed by atoms with van der Waals surface area (Å²) < 4.78 is 9.84. The van der Waals surface area contributed by atoms with Crippen LogP contribution in [0.3, 0.4) is 0 Å². The fourth-order valence-corrected chi connectivity index (χ4v) is 2.02. The van der Waals surface area contributed by atoms with Crippen molar-refractivity contribution in [2.75, 3.05) is 13.2 Å². The molecule has 20 heavy (non-hydrogen) atoms. The number of aryl methyl sites for hydroxylation is 1. The standard InChI is InChI=1S/C15H19ClO4/c1-3-19-14(17)8-6-11-5-7-13(12(9-11)10-16)15(18)20-4-2/h5,7,9H,3-4,6,8,10H2,1-2H3. The maximum atomic E-state index is 11.7. The minimum Gasteiger partial charge on any atom is -0.466 e. The van der Waals surface area contributed by atoms with Crippen LogP contribution in [0.25, 0.3) is 0 Å². The molecule has 0 bridgehead atoms. The Morgan fingerprint density at radius 2 is 1.85 bits per heavy atom. The number of esters is 2. The molecule has 0 saturated carbocycles. The van der Waals surface area contributed by atoms with Crippen LogP contribution in [-0.2, 0) is 26.6 Å². The van der Waals surface area contributed by atoms with E-state index in [1.807, 2.05) is 12.1 Å². The van der Waals surface area contributed by atoms with Gasteiger partial charge in [0.2, 0.25) is 0 Å². The van der Waals surface area contributed by atoms with Gasteiger partial charge >= 0.3 is 11.9 Å². The predicted molar refractivity (Wildman–Crippen MR) is 76.9 cm³/mol. The lowest BCUT2D eigenvalue weighted by molar-refractivity contribution is -0.143. The van der Waals surface area contributed by atoms with Crippen LogP contribution in [0.5, 0.6) is 0 Å². The number of rotatable bonds is 7. The summed E-state index contributed by atoms with van der Waals surface area (Å²) in [4.78, 5) is 23.0. The van der Waals surface area contributed by atoms with E-state index in [4.69, 9.17) is 21.1 Å². The molecule has 1 aromatic carbocycles. The highest BCUT2D eigenvalue weighted by Gasteiger charge is 2.13. The van der Waals surface area contributed by atoms with E-state index in [1.54, 1.807) is 19.9 Å². The fraction of sp³-hybridized carbons (Fsp3) is 0.467. The number of ether oxygens (including phenoxy) is 2. The van der Waals surface area contributed by atoms with Crippen molar-refractivity contribution in [3.8, 4) is 0 Å². The Kier molecular flexibility index (Phi) is 7.09. The Balaban J connectivity index is 2.76. The summed E-state index contributed by atoms with van der Waals surface area (Å²) in [6.45, 7) is 4.24. The Hall–Kier alpha value is -1.55. The highest BCUT2D eigenvalue weighted by atomic mass is 35.5. The molecule has 0 atom stereocenters. The van der Waals surface area contributed by atoms with E-state index >= 15 is 0 Å². The van der Waals surface area contributed by atoms with Gasteiger partial charge in [0.1, 0.15) is 0 Å². The number of carbonyl (C=O) groups excluding carboxylic acids is 2. The third-order valence-corrected chi connectivity index (χ3v) is 3.02. The monoisotopic (exact) mass is 298 g/mol. The van der Waals surface area contributed by atoms with Gasteiger partial charge in [-0.05, 0) is 37.5 Å². The van der Waals surface area contributed by atoms with Gasteiger partial charge in [-0.15, -0.1) is 11.6 Å². The molecule has 0 aliphatic rings. The van der Waals surface area contributed by atoms with Crippen molar-refractivity contribution >= 4 is 23.5 Å². The van der Waals surface area contributed by atoms with Gasteiger partial charge in [0.15, 0.2) is 0 Å². The molecular formula is C15H19ClO4. The number of alkyl halides is 1. The highest BCUT2D eigenvalue weighted by Crippen LogP contribution is 2.17. The summed E-state index contributed by atoms with van der Waals surface area (Å²) in [7, 11) is 0. The predicted octanol–water partition coefficient (Wildman–Crippen LogP) is 3.10. The third kappa shape index (κ3) is 4.85. The zero-order valence-electron chi connectivity index (χ0n) is 11.8. The Morgan fingerprint density at radius 1 is 1.15 bits per heavy atom. The summed E-state index contributed by atoms with van der Waals surface area (Å²) in [5.74, 6) is -0.379. The Morgan fingerprint density at radius 3 is 2.45 bits per heavy atom. The fourth-order valence-electron chi connectivity index (χ4n) is 1.80. The number of hydrogen-bond acceptors (Lipinski definition) is 4. The number of hydrogen-bond donors (Lipinski definition) is 0. The largest absolute Gasteiger partial charge is 0.466 e. The molecule has 0 fully saturated rings. The molecule has 1 aromatic rings. The molecule has 0 aliphatic carbocycles. The van der Waals surface area contributed by atoms with Crippen molar-refractivity contribution in [3.63, 3.8) is 0 Å². The van der Waals surface area contributed by atoms with Gasteiger partial charge < -0.3 is 9.47 Å². The van der Waals surface area contributed by atoms with Gasteiger partial charge in [-0.2, -0.15) is 0 Å². The van der Waals surface area contributed by atoms with Crippen LogP contribution in [0.15, 0.2) is 18.2 Å². The maximum absolute atomic E-state index is 11.7. The van der Waals surface area contributed by atoms with Gasteiger partial charge in [0.25, 0.3) is 0 Å². The van der Waals surface area contributed by atoms with Crippen LogP contribution < -0.4 is 0 Å². The molecule has 0 amide bonds. The first kappa shape index (κ1) is 16.5. The SMILES string of the molecule is CCOC(=O)CCc1ccc(C(=O)OCC)c(CCl)c1. The Bertz CT molecular complexity index is 471. The third-order valence-electron chi connectivity index (χ3n) is 2.73. The minimum absolute atomic E-state index is 0.224. The van der Waals surface area contributed by atoms with E-state index in [0.717, 1.165) is 5.56 Å². The van der Waals surface area contributed by atoms with Gasteiger partial charge in [-0.1, -0.05) is 12.1 Å². The van der Waals surface area contributed by atoms with Crippen molar-refractivity contribution in [3.05, 3.63) is 34.9 Å². The van der Waals surface area contributed by atoms with E-state index in [9.17, 15) is 9.59 Å². The second-order valence-corrected chi connectivity index (χ2v) is 4.42. The van der Waals surface area contributed by atoms with Crippen molar-refractivity contribution in [1.82, 2.24) is 0 Å². The van der Waals surface area contributed by atoms with Crippen LogP contribution in [0, 0.1) is 0 Å². The molecular weight excluding hydrogens is 280 g/mol. The number of halogens is 1. The Labute approximate surface area is 124 Å². The molecule has 1 rings (SSSR count). The van der Waals surface area contributed by atoms with E-state index in [1.165, 1.54) is 0 Å². The average Bonchev–Trinajstić information content (AvgIpc) is 2.45. The van der Waals surface area contributed by atoms with Crippen LogP contribution in [-0.4, -0.2) is 25.2 Å². The van der Waals surface area contributed by atoms with E-state index in [0.29, 0.717) is 37.2 Å². The first-order valence-corrected chi connectivity index (χ1v) is 7.16. The van der Waals surface area contributed by atoms with E-state index in [-0.39, 0.29) is 17.8 Å². The lowest BCUT2D eigenvalue weighted by Gasteiger charge is -2.09. The molecule has 0 saturated heterocycles. The summed E-state index contributed by atoms with van der Waals surface area (Å²) in [6, 6.07) is 5.33. The summed E-state index contributed by atoms with van der Waals surface area (Å²) >= 11 is 5.86. The van der Waals surface area contributed by atoms with Crippen molar-refractivity contribution in [1.29, 1.82) is 0 Å². The first-order chi connectivity index (χ1) is 9.62. The van der Waals surface area contributed by atoms with Crippen molar-refractivity contribution < 1.29 is 19.1 Å². The van der Waals surface area contributed by atoms with Crippen molar-refractivity contribution in [2.24, 2.45) is 0 Å². The summed E-state index contributed by atoms with van der Waals surface area (Å²) in [6.07, 6.45) is 0.875. The van der Waals surface area contributed by atoms with Crippen LogP contribution in [0.1, 0.15) is 41.8 Å². The molecule has 110 valence electrons. The molecule has 0 unspecified atom stereocenters. The smallest absolute Gasteiger partial charge is 0.338 e. The van der Waals surface area contributed by atoms with Gasteiger partial charge in [0, 0.05) is 12.3 Å². The van der Waals surface area contributed by atoms with E-state index in [2.05, 4.69) is 0 Å². The quantitative estimate of drug-likeness (QED) is 0.573. The molecule has 0 aliphatic heterocycles. The minimum atomic E-state index is -0.375. The number of carbonyl (C=O) groups is 2. The molecule has 0 radical (unpaired) electrons. The van der Waals surface area contributed by atoms with Crippen molar-refractivity contribution in [2.45, 2.75) is 32.6 Å². The van der Waals surface area contributed by atoms with Gasteiger partial charge in [-0.3, -0.25) is 4.79 Å².